The lowest BCUT2D eigenvalue weighted by Crippen LogP contribution is -2.27. The summed E-state index contributed by atoms with van der Waals surface area (Å²) in [7, 11) is 0. The van der Waals surface area contributed by atoms with Gasteiger partial charge in [0.2, 0.25) is 5.91 Å². The van der Waals surface area contributed by atoms with Gasteiger partial charge in [-0.15, -0.1) is 0 Å². The number of hydrogen-bond donors (Lipinski definition) is 2. The van der Waals surface area contributed by atoms with Crippen molar-refractivity contribution in [3.8, 4) is 11.5 Å². The van der Waals surface area contributed by atoms with Crippen LogP contribution in [0.15, 0.2) is 18.2 Å². The number of fused-ring (bicyclic) bond motifs is 1. The quantitative estimate of drug-likeness (QED) is 0.712. The van der Waals surface area contributed by atoms with Gasteiger partial charge in [0, 0.05) is 24.9 Å². The van der Waals surface area contributed by atoms with Gasteiger partial charge in [0.1, 0.15) is 13.2 Å². The Morgan fingerprint density at radius 1 is 1.22 bits per heavy atom. The van der Waals surface area contributed by atoms with E-state index in [-0.39, 0.29) is 24.5 Å². The fraction of sp³-hybridized carbons (Fsp3) is 0.529. The Morgan fingerprint density at radius 2 is 1.96 bits per heavy atom. The molecule has 1 aromatic rings. The van der Waals surface area contributed by atoms with Gasteiger partial charge >= 0.3 is 0 Å². The third kappa shape index (κ3) is 5.25. The van der Waals surface area contributed by atoms with Crippen LogP contribution in [0.4, 0.5) is 0 Å². The number of amides is 1. The molecule has 1 heterocycles. The third-order valence-corrected chi connectivity index (χ3v) is 3.71. The highest BCUT2D eigenvalue weighted by Crippen LogP contribution is 2.31. The van der Waals surface area contributed by atoms with Gasteiger partial charge in [-0.05, 0) is 31.0 Å². The van der Waals surface area contributed by atoms with Crippen molar-refractivity contribution in [2.24, 2.45) is 0 Å². The van der Waals surface area contributed by atoms with E-state index in [1.54, 1.807) is 18.2 Å². The van der Waals surface area contributed by atoms with Crippen LogP contribution in [0.3, 0.4) is 0 Å². The smallest absolute Gasteiger partial charge is 0.220 e. The zero-order valence-electron chi connectivity index (χ0n) is 13.3. The summed E-state index contributed by atoms with van der Waals surface area (Å²) in [4.78, 5) is 23.8. The monoisotopic (exact) mass is 321 g/mol. The molecule has 6 nitrogen and oxygen atoms in total. The second kappa shape index (κ2) is 8.53. The van der Waals surface area contributed by atoms with Crippen LogP contribution in [-0.4, -0.2) is 42.7 Å². The molecule has 0 saturated carbocycles. The van der Waals surface area contributed by atoms with Crippen molar-refractivity contribution in [1.82, 2.24) is 5.32 Å². The Hall–Kier alpha value is -2.08. The van der Waals surface area contributed by atoms with Crippen LogP contribution in [0.2, 0.25) is 0 Å². The number of ketones is 1. The lowest BCUT2D eigenvalue weighted by Gasteiger charge is -2.18. The summed E-state index contributed by atoms with van der Waals surface area (Å²) < 4.78 is 10.9. The van der Waals surface area contributed by atoms with Crippen molar-refractivity contribution in [1.29, 1.82) is 0 Å². The van der Waals surface area contributed by atoms with E-state index >= 15 is 0 Å². The predicted molar refractivity (Wildman–Crippen MR) is 84.9 cm³/mol. The molecule has 6 heteroatoms. The average Bonchev–Trinajstić information content (AvgIpc) is 2.59. The van der Waals surface area contributed by atoms with E-state index in [1.807, 2.05) is 6.92 Å². The van der Waals surface area contributed by atoms with Crippen LogP contribution in [0, 0.1) is 0 Å². The molecule has 0 radical (unpaired) electrons. The fourth-order valence-corrected chi connectivity index (χ4v) is 2.26. The first-order chi connectivity index (χ1) is 11.1. The zero-order valence-corrected chi connectivity index (χ0v) is 13.3. The minimum absolute atomic E-state index is 0.106. The van der Waals surface area contributed by atoms with E-state index in [0.717, 1.165) is 0 Å². The van der Waals surface area contributed by atoms with Gasteiger partial charge in [0.05, 0.1) is 6.10 Å². The lowest BCUT2D eigenvalue weighted by atomic mass is 10.1. The molecule has 1 amide bonds. The number of nitrogens with one attached hydrogen (secondary N) is 1. The van der Waals surface area contributed by atoms with Gasteiger partial charge in [-0.3, -0.25) is 9.59 Å². The van der Waals surface area contributed by atoms with Crippen LogP contribution in [0.5, 0.6) is 11.5 Å². The number of carbonyl (C=O) groups is 2. The number of aliphatic hydroxyl groups excluding tert-OH is 1. The van der Waals surface area contributed by atoms with Crippen molar-refractivity contribution in [3.63, 3.8) is 0 Å². The highest BCUT2D eigenvalue weighted by molar-refractivity contribution is 5.98. The first kappa shape index (κ1) is 17.3. The van der Waals surface area contributed by atoms with E-state index in [4.69, 9.17) is 9.47 Å². The summed E-state index contributed by atoms with van der Waals surface area (Å²) >= 11 is 0. The molecule has 23 heavy (non-hydrogen) atoms. The highest BCUT2D eigenvalue weighted by Gasteiger charge is 2.15. The maximum atomic E-state index is 12.1. The molecular weight excluding hydrogens is 298 g/mol. The summed E-state index contributed by atoms with van der Waals surface area (Å²) in [5.74, 6) is 0.921. The topological polar surface area (TPSA) is 84.9 Å². The Bertz CT molecular complexity index is 558. The highest BCUT2D eigenvalue weighted by atomic mass is 16.6. The Morgan fingerprint density at radius 3 is 2.70 bits per heavy atom. The summed E-state index contributed by atoms with van der Waals surface area (Å²) in [6.07, 6.45) is 1.07. The van der Waals surface area contributed by atoms with Crippen LogP contribution in [-0.2, 0) is 4.79 Å². The van der Waals surface area contributed by atoms with Gasteiger partial charge in [-0.25, -0.2) is 0 Å². The molecule has 0 saturated heterocycles. The maximum absolute atomic E-state index is 12.1. The SMILES string of the molecule is CCC(O)CCNC(=O)CCC(=O)c1ccc2c(c1)OCCO2. The summed E-state index contributed by atoms with van der Waals surface area (Å²) in [6, 6.07) is 5.06. The first-order valence-corrected chi connectivity index (χ1v) is 7.97. The number of aliphatic hydroxyl groups is 1. The molecule has 0 bridgehead atoms. The Kier molecular flexibility index (Phi) is 6.40. The molecule has 1 aliphatic rings. The molecule has 2 N–H and O–H groups in total. The Balaban J connectivity index is 1.77. The molecule has 1 aliphatic heterocycles. The summed E-state index contributed by atoms with van der Waals surface area (Å²) in [5, 5.41) is 12.1. The molecule has 1 atom stereocenters. The van der Waals surface area contributed by atoms with Crippen molar-refractivity contribution < 1.29 is 24.2 Å². The number of carbonyl (C=O) groups excluding carboxylic acids is 2. The van der Waals surface area contributed by atoms with Gasteiger partial charge < -0.3 is 19.9 Å². The molecule has 1 aromatic carbocycles. The van der Waals surface area contributed by atoms with Crippen molar-refractivity contribution in [2.45, 2.75) is 38.7 Å². The lowest BCUT2D eigenvalue weighted by molar-refractivity contribution is -0.121. The number of rotatable bonds is 8. The van der Waals surface area contributed by atoms with Crippen molar-refractivity contribution >= 4 is 11.7 Å². The largest absolute Gasteiger partial charge is 0.486 e. The summed E-state index contributed by atoms with van der Waals surface area (Å²) in [6.45, 7) is 3.29. The maximum Gasteiger partial charge on any atom is 0.220 e. The molecular formula is C17H23NO5. The average molecular weight is 321 g/mol. The summed E-state index contributed by atoms with van der Waals surface area (Å²) in [5.41, 5.74) is 0.517. The fourth-order valence-electron chi connectivity index (χ4n) is 2.26. The van der Waals surface area contributed by atoms with Crippen LogP contribution in [0.25, 0.3) is 0 Å². The molecule has 0 fully saturated rings. The van der Waals surface area contributed by atoms with Crippen molar-refractivity contribution in [3.05, 3.63) is 23.8 Å². The number of Topliss-reactive ketones (excluding diaryl/α,β-unsaturated/α-hetero) is 1. The van der Waals surface area contributed by atoms with E-state index < -0.39 is 6.10 Å². The van der Waals surface area contributed by atoms with Crippen LogP contribution < -0.4 is 14.8 Å². The van der Waals surface area contributed by atoms with Crippen LogP contribution in [0.1, 0.15) is 43.0 Å². The molecule has 0 aliphatic carbocycles. The van der Waals surface area contributed by atoms with Crippen molar-refractivity contribution in [2.75, 3.05) is 19.8 Å². The molecule has 126 valence electrons. The molecule has 0 spiro atoms. The van der Waals surface area contributed by atoms with Gasteiger partial charge in [-0.1, -0.05) is 6.92 Å². The predicted octanol–water partition coefficient (Wildman–Crippen LogP) is 1.70. The Labute approximate surface area is 135 Å². The van der Waals surface area contributed by atoms with E-state index in [0.29, 0.717) is 49.7 Å². The second-order valence-corrected chi connectivity index (χ2v) is 5.48. The standard InChI is InChI=1S/C17H23NO5/c1-2-13(19)7-8-18-17(21)6-4-14(20)12-3-5-15-16(11-12)23-10-9-22-15/h3,5,11,13,19H,2,4,6-10H2,1H3,(H,18,21). The van der Waals surface area contributed by atoms with Crippen LogP contribution >= 0.6 is 0 Å². The molecule has 1 unspecified atom stereocenters. The van der Waals surface area contributed by atoms with E-state index in [9.17, 15) is 14.7 Å². The minimum atomic E-state index is -0.394. The number of hydrogen-bond acceptors (Lipinski definition) is 5. The second-order valence-electron chi connectivity index (χ2n) is 5.48. The minimum Gasteiger partial charge on any atom is -0.486 e. The molecule has 2 rings (SSSR count). The normalized spacial score (nSPS) is 14.2. The van der Waals surface area contributed by atoms with Gasteiger partial charge in [0.15, 0.2) is 17.3 Å². The number of benzene rings is 1. The van der Waals surface area contributed by atoms with E-state index in [1.165, 1.54) is 0 Å². The third-order valence-electron chi connectivity index (χ3n) is 3.71. The van der Waals surface area contributed by atoms with Gasteiger partial charge in [-0.2, -0.15) is 0 Å². The molecule has 0 aromatic heterocycles. The van der Waals surface area contributed by atoms with Gasteiger partial charge in [0.25, 0.3) is 0 Å². The number of ether oxygens (including phenoxy) is 2. The van der Waals surface area contributed by atoms with E-state index in [2.05, 4.69) is 5.32 Å². The first-order valence-electron chi connectivity index (χ1n) is 7.97. The zero-order chi connectivity index (χ0) is 16.7.